The molecule has 1 aliphatic carbocycles. The number of benzene rings is 1. The minimum absolute atomic E-state index is 0.0230. The lowest BCUT2D eigenvalue weighted by molar-refractivity contribution is -0.120. The van der Waals surface area contributed by atoms with Gasteiger partial charge in [-0.25, -0.2) is 0 Å². The van der Waals surface area contributed by atoms with Crippen LogP contribution in [-0.4, -0.2) is 36.8 Å². The molecule has 1 fully saturated rings. The van der Waals surface area contributed by atoms with Crippen molar-refractivity contribution in [3.63, 3.8) is 0 Å². The van der Waals surface area contributed by atoms with Gasteiger partial charge in [0.1, 0.15) is 0 Å². The van der Waals surface area contributed by atoms with Crippen LogP contribution in [0.4, 0.5) is 5.69 Å². The normalized spacial score (nSPS) is 21.7. The van der Waals surface area contributed by atoms with Crippen molar-refractivity contribution < 1.29 is 9.90 Å². The van der Waals surface area contributed by atoms with Crippen LogP contribution in [0.3, 0.4) is 0 Å². The summed E-state index contributed by atoms with van der Waals surface area (Å²) in [5, 5.41) is 12.7. The van der Waals surface area contributed by atoms with Gasteiger partial charge in [0.15, 0.2) is 0 Å². The van der Waals surface area contributed by atoms with Gasteiger partial charge in [-0.2, -0.15) is 0 Å². The molecule has 2 rings (SSSR count). The summed E-state index contributed by atoms with van der Waals surface area (Å²) in [5.41, 5.74) is 1.06. The molecule has 2 atom stereocenters. The van der Waals surface area contributed by atoms with Crippen molar-refractivity contribution in [2.45, 2.75) is 32.3 Å². The number of hydrogen-bond donors (Lipinski definition) is 2. The molecular formula is C16H24N2O2. The van der Waals surface area contributed by atoms with E-state index in [4.69, 9.17) is 0 Å². The Labute approximate surface area is 120 Å². The van der Waals surface area contributed by atoms with Crippen molar-refractivity contribution in [3.8, 4) is 0 Å². The molecular weight excluding hydrogens is 252 g/mol. The van der Waals surface area contributed by atoms with E-state index in [9.17, 15) is 9.90 Å². The lowest BCUT2D eigenvalue weighted by Crippen LogP contribution is -2.40. The number of carbonyl (C=O) groups excluding carboxylic acids is 1. The molecule has 0 heterocycles. The Balaban J connectivity index is 1.80. The lowest BCUT2D eigenvalue weighted by Gasteiger charge is -2.23. The highest BCUT2D eigenvalue weighted by molar-refractivity contribution is 5.81. The molecule has 20 heavy (non-hydrogen) atoms. The van der Waals surface area contributed by atoms with Crippen molar-refractivity contribution >= 4 is 11.6 Å². The first-order valence-electron chi connectivity index (χ1n) is 7.45. The highest BCUT2D eigenvalue weighted by atomic mass is 16.3. The molecule has 1 saturated carbocycles. The molecule has 4 nitrogen and oxygen atoms in total. The van der Waals surface area contributed by atoms with E-state index < -0.39 is 0 Å². The molecule has 0 bridgehead atoms. The lowest BCUT2D eigenvalue weighted by atomic mass is 10.1. The van der Waals surface area contributed by atoms with Crippen LogP contribution in [0.2, 0.25) is 0 Å². The summed E-state index contributed by atoms with van der Waals surface area (Å²) < 4.78 is 0. The molecule has 110 valence electrons. The number of rotatable bonds is 6. The van der Waals surface area contributed by atoms with Gasteiger partial charge in [0, 0.05) is 24.7 Å². The SMILES string of the molecule is CCN(CC(=O)NCC1CCCC1O)c1ccccc1. The molecule has 0 radical (unpaired) electrons. The number of hydrogen-bond acceptors (Lipinski definition) is 3. The van der Waals surface area contributed by atoms with E-state index in [1.165, 1.54) is 0 Å². The van der Waals surface area contributed by atoms with Crippen molar-refractivity contribution in [1.29, 1.82) is 0 Å². The van der Waals surface area contributed by atoms with Crippen LogP contribution >= 0.6 is 0 Å². The van der Waals surface area contributed by atoms with Gasteiger partial charge in [0.05, 0.1) is 12.6 Å². The van der Waals surface area contributed by atoms with Crippen LogP contribution in [0, 0.1) is 5.92 Å². The van der Waals surface area contributed by atoms with Crippen molar-refractivity contribution in [2.24, 2.45) is 5.92 Å². The number of amides is 1. The van der Waals surface area contributed by atoms with E-state index in [2.05, 4.69) is 5.32 Å². The summed E-state index contributed by atoms with van der Waals surface area (Å²) >= 11 is 0. The monoisotopic (exact) mass is 276 g/mol. The third kappa shape index (κ3) is 3.97. The zero-order valence-electron chi connectivity index (χ0n) is 12.1. The average Bonchev–Trinajstić information content (AvgIpc) is 2.89. The van der Waals surface area contributed by atoms with Crippen molar-refractivity contribution in [2.75, 3.05) is 24.5 Å². The summed E-state index contributed by atoms with van der Waals surface area (Å²) in [6.07, 6.45) is 2.70. The maximum absolute atomic E-state index is 12.0. The Bertz CT molecular complexity index is 422. The molecule has 1 amide bonds. The van der Waals surface area contributed by atoms with E-state index in [0.29, 0.717) is 13.1 Å². The number of carbonyl (C=O) groups is 1. The van der Waals surface area contributed by atoms with Gasteiger partial charge in [-0.3, -0.25) is 4.79 Å². The van der Waals surface area contributed by atoms with Crippen LogP contribution in [0.25, 0.3) is 0 Å². The third-order valence-electron chi connectivity index (χ3n) is 4.02. The third-order valence-corrected chi connectivity index (χ3v) is 4.02. The van der Waals surface area contributed by atoms with E-state index >= 15 is 0 Å². The molecule has 0 spiro atoms. The Morgan fingerprint density at radius 3 is 2.70 bits per heavy atom. The topological polar surface area (TPSA) is 52.6 Å². The predicted molar refractivity (Wildman–Crippen MR) is 80.7 cm³/mol. The van der Waals surface area contributed by atoms with Gasteiger partial charge in [-0.1, -0.05) is 24.6 Å². The highest BCUT2D eigenvalue weighted by Gasteiger charge is 2.25. The van der Waals surface area contributed by atoms with E-state index in [-0.39, 0.29) is 17.9 Å². The Morgan fingerprint density at radius 1 is 1.35 bits per heavy atom. The van der Waals surface area contributed by atoms with Crippen molar-refractivity contribution in [3.05, 3.63) is 30.3 Å². The van der Waals surface area contributed by atoms with Crippen LogP contribution in [0.1, 0.15) is 26.2 Å². The summed E-state index contributed by atoms with van der Waals surface area (Å²) in [5.74, 6) is 0.251. The Morgan fingerprint density at radius 2 is 2.10 bits per heavy atom. The minimum atomic E-state index is -0.244. The number of anilines is 1. The van der Waals surface area contributed by atoms with Gasteiger partial charge in [-0.15, -0.1) is 0 Å². The molecule has 1 aromatic carbocycles. The van der Waals surface area contributed by atoms with Crippen LogP contribution < -0.4 is 10.2 Å². The van der Waals surface area contributed by atoms with Gasteiger partial charge < -0.3 is 15.3 Å². The second-order valence-corrected chi connectivity index (χ2v) is 5.41. The first kappa shape index (κ1) is 14.9. The zero-order valence-corrected chi connectivity index (χ0v) is 12.1. The van der Waals surface area contributed by atoms with Crippen LogP contribution in [-0.2, 0) is 4.79 Å². The minimum Gasteiger partial charge on any atom is -0.393 e. The predicted octanol–water partition coefficient (Wildman–Crippen LogP) is 1.79. The fraction of sp³-hybridized carbons (Fsp3) is 0.562. The van der Waals surface area contributed by atoms with E-state index in [1.807, 2.05) is 42.2 Å². The second kappa shape index (κ2) is 7.29. The second-order valence-electron chi connectivity index (χ2n) is 5.41. The molecule has 0 saturated heterocycles. The molecule has 1 aromatic rings. The van der Waals surface area contributed by atoms with Gasteiger partial charge in [0.25, 0.3) is 0 Å². The standard InChI is InChI=1S/C16H24N2O2/c1-2-18(14-8-4-3-5-9-14)12-16(20)17-11-13-7-6-10-15(13)19/h3-5,8-9,13,15,19H,2,6-7,10-12H2,1H3,(H,17,20). The average molecular weight is 276 g/mol. The molecule has 0 aliphatic heterocycles. The Hall–Kier alpha value is -1.55. The number of likely N-dealkylation sites (N-methyl/N-ethyl adjacent to an activating group) is 1. The number of aliphatic hydroxyl groups excluding tert-OH is 1. The molecule has 0 aromatic heterocycles. The molecule has 1 aliphatic rings. The largest absolute Gasteiger partial charge is 0.393 e. The Kier molecular flexibility index (Phi) is 5.41. The first-order valence-corrected chi connectivity index (χ1v) is 7.45. The molecule has 2 unspecified atom stereocenters. The fourth-order valence-corrected chi connectivity index (χ4v) is 2.75. The van der Waals surface area contributed by atoms with E-state index in [1.54, 1.807) is 0 Å². The van der Waals surface area contributed by atoms with Gasteiger partial charge >= 0.3 is 0 Å². The van der Waals surface area contributed by atoms with Crippen LogP contribution in [0.15, 0.2) is 30.3 Å². The summed E-state index contributed by atoms with van der Waals surface area (Å²) in [4.78, 5) is 14.1. The summed E-state index contributed by atoms with van der Waals surface area (Å²) in [7, 11) is 0. The number of nitrogens with one attached hydrogen (secondary N) is 1. The first-order chi connectivity index (χ1) is 9.70. The maximum Gasteiger partial charge on any atom is 0.239 e. The number of para-hydroxylation sites is 1. The van der Waals surface area contributed by atoms with Crippen molar-refractivity contribution in [1.82, 2.24) is 5.32 Å². The van der Waals surface area contributed by atoms with Gasteiger partial charge in [-0.05, 0) is 31.9 Å². The highest BCUT2D eigenvalue weighted by Crippen LogP contribution is 2.24. The fourth-order valence-electron chi connectivity index (χ4n) is 2.75. The molecule has 4 heteroatoms. The smallest absolute Gasteiger partial charge is 0.239 e. The maximum atomic E-state index is 12.0. The number of aliphatic hydroxyl groups is 1. The quantitative estimate of drug-likeness (QED) is 0.833. The molecule has 2 N–H and O–H groups in total. The zero-order chi connectivity index (χ0) is 14.4. The van der Waals surface area contributed by atoms with E-state index in [0.717, 1.165) is 31.5 Å². The summed E-state index contributed by atoms with van der Waals surface area (Å²) in [6, 6.07) is 9.95. The van der Waals surface area contributed by atoms with Gasteiger partial charge in [0.2, 0.25) is 5.91 Å². The summed E-state index contributed by atoms with van der Waals surface area (Å²) in [6.45, 7) is 3.79. The number of nitrogens with zero attached hydrogens (tertiary/aromatic N) is 1. The van der Waals surface area contributed by atoms with Crippen LogP contribution in [0.5, 0.6) is 0 Å².